The number of nitrogens with zero attached hydrogens (tertiary/aromatic N) is 2. The highest BCUT2D eigenvalue weighted by molar-refractivity contribution is 5.61. The maximum absolute atomic E-state index is 9.05. The van der Waals surface area contributed by atoms with Crippen molar-refractivity contribution in [2.75, 3.05) is 27.5 Å². The summed E-state index contributed by atoms with van der Waals surface area (Å²) in [5.74, 6) is 2.13. The summed E-state index contributed by atoms with van der Waals surface area (Å²) in [6, 6.07) is 4.34. The zero-order valence-electron chi connectivity index (χ0n) is 11.1. The second-order valence-corrected chi connectivity index (χ2v) is 4.83. The summed E-state index contributed by atoms with van der Waals surface area (Å²) in [5, 5.41) is 9.05. The number of benzene rings is 1. The van der Waals surface area contributed by atoms with Gasteiger partial charge in [0.05, 0.1) is 25.6 Å². The van der Waals surface area contributed by atoms with Crippen LogP contribution in [0.3, 0.4) is 0 Å². The van der Waals surface area contributed by atoms with Gasteiger partial charge < -0.3 is 14.2 Å². The largest absolute Gasteiger partial charge is 0.492 e. The molecule has 0 saturated heterocycles. The average Bonchev–Trinajstić information content (AvgIpc) is 2.87. The van der Waals surface area contributed by atoms with Gasteiger partial charge in [-0.05, 0) is 25.1 Å². The average molecular weight is 260 g/mol. The van der Waals surface area contributed by atoms with E-state index in [0.717, 1.165) is 30.0 Å². The van der Waals surface area contributed by atoms with Crippen molar-refractivity contribution in [1.29, 1.82) is 5.26 Å². The Balaban J connectivity index is 2.17. The summed E-state index contributed by atoms with van der Waals surface area (Å²) in [6.45, 7) is 1.16. The van der Waals surface area contributed by atoms with Crippen LogP contribution in [0.25, 0.3) is 0 Å². The van der Waals surface area contributed by atoms with Crippen LogP contribution in [0.4, 0.5) is 0 Å². The van der Waals surface area contributed by atoms with Gasteiger partial charge in [-0.15, -0.1) is 0 Å². The van der Waals surface area contributed by atoms with Crippen LogP contribution >= 0.6 is 0 Å². The molecule has 2 aliphatic rings. The first-order valence-electron chi connectivity index (χ1n) is 6.32. The summed E-state index contributed by atoms with van der Waals surface area (Å²) in [5.41, 5.74) is 2.27. The molecule has 0 saturated carbocycles. The zero-order valence-corrected chi connectivity index (χ0v) is 11.1. The predicted octanol–water partition coefficient (Wildman–Crippen LogP) is 1.87. The standard InChI is InChI=1S/C14H16N2O3/c1-16-6-4-9-7-11-13(19-8-18-11)14(17-2)12(9)10(16)3-5-15/h7,10H,3-4,6,8H2,1-2H3. The van der Waals surface area contributed by atoms with Gasteiger partial charge in [0, 0.05) is 12.1 Å². The normalized spacial score (nSPS) is 20.8. The number of hydrogen-bond acceptors (Lipinski definition) is 5. The first-order chi connectivity index (χ1) is 9.26. The molecule has 5 nitrogen and oxygen atoms in total. The van der Waals surface area contributed by atoms with E-state index < -0.39 is 0 Å². The molecule has 0 aromatic heterocycles. The van der Waals surface area contributed by atoms with Crippen LogP contribution < -0.4 is 14.2 Å². The van der Waals surface area contributed by atoms with E-state index in [0.29, 0.717) is 12.2 Å². The zero-order chi connectivity index (χ0) is 13.4. The Bertz CT molecular complexity index is 551. The van der Waals surface area contributed by atoms with Crippen LogP contribution in [0.5, 0.6) is 17.2 Å². The van der Waals surface area contributed by atoms with Crippen molar-refractivity contribution in [1.82, 2.24) is 4.90 Å². The maximum Gasteiger partial charge on any atom is 0.231 e. The minimum atomic E-state index is 0.0539. The number of likely N-dealkylation sites (N-methyl/N-ethyl adjacent to an activating group) is 1. The first kappa shape index (κ1) is 12.1. The van der Waals surface area contributed by atoms with Gasteiger partial charge in [0.2, 0.25) is 12.5 Å². The molecule has 0 amide bonds. The van der Waals surface area contributed by atoms with Gasteiger partial charge in [-0.2, -0.15) is 5.26 Å². The first-order valence-corrected chi connectivity index (χ1v) is 6.32. The molecule has 1 unspecified atom stereocenters. The quantitative estimate of drug-likeness (QED) is 0.812. The number of nitriles is 1. The van der Waals surface area contributed by atoms with Gasteiger partial charge >= 0.3 is 0 Å². The molecule has 2 aliphatic heterocycles. The summed E-state index contributed by atoms with van der Waals surface area (Å²) >= 11 is 0. The van der Waals surface area contributed by atoms with E-state index in [1.807, 2.05) is 13.1 Å². The smallest absolute Gasteiger partial charge is 0.231 e. The third-order valence-electron chi connectivity index (χ3n) is 3.83. The van der Waals surface area contributed by atoms with E-state index in [9.17, 15) is 0 Å². The van der Waals surface area contributed by atoms with E-state index in [2.05, 4.69) is 11.0 Å². The molecule has 0 bridgehead atoms. The van der Waals surface area contributed by atoms with Crippen LogP contribution in [-0.4, -0.2) is 32.4 Å². The number of rotatable bonds is 2. The van der Waals surface area contributed by atoms with Crippen molar-refractivity contribution in [2.24, 2.45) is 0 Å². The molecule has 1 aromatic carbocycles. The molecule has 3 rings (SSSR count). The number of fused-ring (bicyclic) bond motifs is 2. The van der Waals surface area contributed by atoms with E-state index in [4.69, 9.17) is 19.5 Å². The summed E-state index contributed by atoms with van der Waals surface area (Å²) in [4.78, 5) is 2.19. The Hall–Kier alpha value is -1.93. The Morgan fingerprint density at radius 3 is 3.11 bits per heavy atom. The van der Waals surface area contributed by atoms with Gasteiger partial charge in [0.25, 0.3) is 0 Å². The highest BCUT2D eigenvalue weighted by Crippen LogP contribution is 2.49. The summed E-state index contributed by atoms with van der Waals surface area (Å²) in [6.07, 6.45) is 1.38. The van der Waals surface area contributed by atoms with Gasteiger partial charge in [-0.3, -0.25) is 4.90 Å². The minimum Gasteiger partial charge on any atom is -0.492 e. The minimum absolute atomic E-state index is 0.0539. The second kappa shape index (κ2) is 4.63. The fourth-order valence-corrected chi connectivity index (χ4v) is 2.87. The lowest BCUT2D eigenvalue weighted by Gasteiger charge is -2.34. The molecule has 1 aromatic rings. The lowest BCUT2D eigenvalue weighted by atomic mass is 9.90. The van der Waals surface area contributed by atoms with Crippen LogP contribution in [0.15, 0.2) is 6.07 Å². The van der Waals surface area contributed by atoms with Crippen LogP contribution in [0.2, 0.25) is 0 Å². The highest BCUT2D eigenvalue weighted by Gasteiger charge is 2.33. The Kier molecular flexibility index (Phi) is 2.96. The van der Waals surface area contributed by atoms with Crippen molar-refractivity contribution < 1.29 is 14.2 Å². The molecule has 100 valence electrons. The van der Waals surface area contributed by atoms with E-state index in [-0.39, 0.29) is 12.8 Å². The van der Waals surface area contributed by atoms with Gasteiger partial charge in [-0.25, -0.2) is 0 Å². The number of ether oxygens (including phenoxy) is 3. The summed E-state index contributed by atoms with van der Waals surface area (Å²) < 4.78 is 16.5. The van der Waals surface area contributed by atoms with Crippen molar-refractivity contribution >= 4 is 0 Å². The van der Waals surface area contributed by atoms with Crippen molar-refractivity contribution in [3.63, 3.8) is 0 Å². The van der Waals surface area contributed by atoms with Crippen molar-refractivity contribution in [3.8, 4) is 23.3 Å². The molecule has 2 heterocycles. The lowest BCUT2D eigenvalue weighted by molar-refractivity contribution is 0.170. The van der Waals surface area contributed by atoms with E-state index in [1.165, 1.54) is 5.56 Å². The third-order valence-corrected chi connectivity index (χ3v) is 3.83. The topological polar surface area (TPSA) is 54.7 Å². The van der Waals surface area contributed by atoms with Gasteiger partial charge in [0.1, 0.15) is 0 Å². The number of methoxy groups -OCH3 is 1. The molecule has 19 heavy (non-hydrogen) atoms. The molecular weight excluding hydrogens is 244 g/mol. The van der Waals surface area contributed by atoms with Crippen molar-refractivity contribution in [3.05, 3.63) is 17.2 Å². The Morgan fingerprint density at radius 1 is 1.53 bits per heavy atom. The summed E-state index contributed by atoms with van der Waals surface area (Å²) in [7, 11) is 3.67. The lowest BCUT2D eigenvalue weighted by Crippen LogP contribution is -2.32. The molecular formula is C14H16N2O3. The van der Waals surface area contributed by atoms with Crippen molar-refractivity contribution in [2.45, 2.75) is 18.9 Å². The Morgan fingerprint density at radius 2 is 2.37 bits per heavy atom. The Labute approximate surface area is 112 Å². The van der Waals surface area contributed by atoms with Crippen LogP contribution in [0.1, 0.15) is 23.6 Å². The molecule has 0 spiro atoms. The number of hydrogen-bond donors (Lipinski definition) is 0. The van der Waals surface area contributed by atoms with Gasteiger partial charge in [-0.1, -0.05) is 0 Å². The van der Waals surface area contributed by atoms with E-state index >= 15 is 0 Å². The SMILES string of the molecule is COc1c2c(cc3c1C(CC#N)N(C)CC3)OCO2. The fourth-order valence-electron chi connectivity index (χ4n) is 2.87. The monoisotopic (exact) mass is 260 g/mol. The molecule has 0 radical (unpaired) electrons. The third kappa shape index (κ3) is 1.80. The fraction of sp³-hybridized carbons (Fsp3) is 0.500. The molecule has 0 aliphatic carbocycles. The molecule has 0 fully saturated rings. The van der Waals surface area contributed by atoms with Crippen LogP contribution in [0, 0.1) is 11.3 Å². The van der Waals surface area contributed by atoms with Gasteiger partial charge in [0.15, 0.2) is 11.5 Å². The van der Waals surface area contributed by atoms with Crippen LogP contribution in [-0.2, 0) is 6.42 Å². The molecule has 1 atom stereocenters. The predicted molar refractivity (Wildman–Crippen MR) is 68.4 cm³/mol. The molecule has 5 heteroatoms. The van der Waals surface area contributed by atoms with E-state index in [1.54, 1.807) is 7.11 Å². The molecule has 0 N–H and O–H groups in total. The second-order valence-electron chi connectivity index (χ2n) is 4.83. The highest BCUT2D eigenvalue weighted by atomic mass is 16.7. The maximum atomic E-state index is 9.05.